The number of carbonyl (C=O) groups excluding carboxylic acids is 2. The first-order valence-corrected chi connectivity index (χ1v) is 8.76. The topological polar surface area (TPSA) is 92.8 Å². The monoisotopic (exact) mass is 362 g/mol. The number of ether oxygens (including phenoxy) is 1. The van der Waals surface area contributed by atoms with Gasteiger partial charge in [-0.05, 0) is 48.5 Å². The van der Waals surface area contributed by atoms with Crippen molar-refractivity contribution >= 4 is 27.6 Å². The number of rotatable bonds is 5. The fourth-order valence-electron chi connectivity index (χ4n) is 2.04. The number of nitrogens with zero attached hydrogens (tertiary/aromatic N) is 1. The summed E-state index contributed by atoms with van der Waals surface area (Å²) in [5, 5.41) is 0. The third-order valence-corrected chi connectivity index (χ3v) is 4.77. The van der Waals surface area contributed by atoms with Crippen LogP contribution < -0.4 is 4.72 Å². The first-order valence-electron chi connectivity index (χ1n) is 7.27. The van der Waals surface area contributed by atoms with E-state index in [4.69, 9.17) is 0 Å². The maximum atomic E-state index is 12.4. The van der Waals surface area contributed by atoms with Crippen LogP contribution in [0.4, 0.5) is 5.69 Å². The predicted octanol–water partition coefficient (Wildman–Crippen LogP) is 1.98. The Morgan fingerprint density at radius 2 is 1.44 bits per heavy atom. The van der Waals surface area contributed by atoms with E-state index in [1.165, 1.54) is 48.4 Å². The van der Waals surface area contributed by atoms with Crippen LogP contribution in [0.2, 0.25) is 0 Å². The first kappa shape index (κ1) is 18.5. The van der Waals surface area contributed by atoms with E-state index >= 15 is 0 Å². The Morgan fingerprint density at radius 1 is 0.920 bits per heavy atom. The largest absolute Gasteiger partial charge is 0.465 e. The molecule has 0 aromatic heterocycles. The third kappa shape index (κ3) is 4.36. The molecule has 0 saturated carbocycles. The highest BCUT2D eigenvalue weighted by Gasteiger charge is 2.16. The second-order valence-electron chi connectivity index (χ2n) is 5.40. The summed E-state index contributed by atoms with van der Waals surface area (Å²) in [6.45, 7) is 0. The van der Waals surface area contributed by atoms with Crippen molar-refractivity contribution in [2.75, 3.05) is 25.9 Å². The van der Waals surface area contributed by atoms with Crippen LogP contribution >= 0.6 is 0 Å². The molecule has 0 aliphatic rings. The minimum Gasteiger partial charge on any atom is -0.465 e. The molecule has 8 heteroatoms. The highest BCUT2D eigenvalue weighted by molar-refractivity contribution is 7.92. The number of esters is 1. The van der Waals surface area contributed by atoms with Gasteiger partial charge in [0.2, 0.25) is 0 Å². The maximum absolute atomic E-state index is 12.4. The van der Waals surface area contributed by atoms with E-state index in [-0.39, 0.29) is 16.4 Å². The van der Waals surface area contributed by atoms with E-state index < -0.39 is 16.0 Å². The minimum absolute atomic E-state index is 0.00796. The number of methoxy groups -OCH3 is 1. The van der Waals surface area contributed by atoms with E-state index in [9.17, 15) is 18.0 Å². The highest BCUT2D eigenvalue weighted by atomic mass is 32.2. The van der Waals surface area contributed by atoms with E-state index in [1.807, 2.05) is 0 Å². The summed E-state index contributed by atoms with van der Waals surface area (Å²) >= 11 is 0. The van der Waals surface area contributed by atoms with Crippen molar-refractivity contribution in [2.24, 2.45) is 0 Å². The molecule has 1 N–H and O–H groups in total. The molecule has 25 heavy (non-hydrogen) atoms. The smallest absolute Gasteiger partial charge is 0.337 e. The van der Waals surface area contributed by atoms with Crippen LogP contribution in [-0.4, -0.2) is 46.4 Å². The normalized spacial score (nSPS) is 10.8. The van der Waals surface area contributed by atoms with Gasteiger partial charge in [-0.3, -0.25) is 9.52 Å². The van der Waals surface area contributed by atoms with Gasteiger partial charge in [-0.1, -0.05) is 0 Å². The Kier molecular flexibility index (Phi) is 5.43. The van der Waals surface area contributed by atoms with Gasteiger partial charge in [-0.25, -0.2) is 13.2 Å². The molecule has 0 fully saturated rings. The van der Waals surface area contributed by atoms with E-state index in [0.29, 0.717) is 11.3 Å². The van der Waals surface area contributed by atoms with Crippen LogP contribution in [0.5, 0.6) is 0 Å². The van der Waals surface area contributed by atoms with Crippen LogP contribution in [0, 0.1) is 0 Å². The molecule has 2 rings (SSSR count). The Balaban J connectivity index is 2.18. The standard InChI is InChI=1S/C17H18N2O5S/c1-19(2)16(20)12-4-8-14(9-5-12)18-25(22,23)15-10-6-13(7-11-15)17(21)24-3/h4-11,18H,1-3H3. The molecule has 0 saturated heterocycles. The van der Waals surface area contributed by atoms with Crippen molar-refractivity contribution in [3.05, 3.63) is 59.7 Å². The van der Waals surface area contributed by atoms with Gasteiger partial charge in [0.15, 0.2) is 0 Å². The Bertz CT molecular complexity index is 872. The molecule has 7 nitrogen and oxygen atoms in total. The molecule has 0 heterocycles. The lowest BCUT2D eigenvalue weighted by atomic mass is 10.2. The van der Waals surface area contributed by atoms with Gasteiger partial charge in [-0.2, -0.15) is 0 Å². The van der Waals surface area contributed by atoms with Crippen molar-refractivity contribution in [3.8, 4) is 0 Å². The van der Waals surface area contributed by atoms with Crippen LogP contribution in [0.3, 0.4) is 0 Å². The Labute approximate surface area is 146 Å². The second kappa shape index (κ2) is 7.35. The maximum Gasteiger partial charge on any atom is 0.337 e. The van der Waals surface area contributed by atoms with E-state index in [2.05, 4.69) is 9.46 Å². The number of hydrogen-bond acceptors (Lipinski definition) is 5. The zero-order chi connectivity index (χ0) is 18.6. The van der Waals surface area contributed by atoms with Crippen molar-refractivity contribution in [2.45, 2.75) is 4.90 Å². The fourth-order valence-corrected chi connectivity index (χ4v) is 3.10. The van der Waals surface area contributed by atoms with Gasteiger partial charge in [0.1, 0.15) is 0 Å². The number of benzene rings is 2. The molecule has 0 aliphatic heterocycles. The number of carbonyl (C=O) groups is 2. The Hall–Kier alpha value is -2.87. The van der Waals surface area contributed by atoms with Crippen molar-refractivity contribution in [3.63, 3.8) is 0 Å². The lowest BCUT2D eigenvalue weighted by Crippen LogP contribution is -2.21. The lowest BCUT2D eigenvalue weighted by Gasteiger charge is -2.12. The van der Waals surface area contributed by atoms with Crippen LogP contribution in [-0.2, 0) is 14.8 Å². The zero-order valence-corrected chi connectivity index (χ0v) is 14.8. The minimum atomic E-state index is -3.81. The number of nitrogens with one attached hydrogen (secondary N) is 1. The summed E-state index contributed by atoms with van der Waals surface area (Å²) in [5.74, 6) is -0.717. The molecule has 0 radical (unpaired) electrons. The summed E-state index contributed by atoms with van der Waals surface area (Å²) < 4.78 is 31.7. The zero-order valence-electron chi connectivity index (χ0n) is 14.0. The van der Waals surface area contributed by atoms with Gasteiger partial charge in [-0.15, -0.1) is 0 Å². The van der Waals surface area contributed by atoms with Crippen LogP contribution in [0.15, 0.2) is 53.4 Å². The third-order valence-electron chi connectivity index (χ3n) is 3.38. The number of hydrogen-bond donors (Lipinski definition) is 1. The number of sulfonamides is 1. The average molecular weight is 362 g/mol. The highest BCUT2D eigenvalue weighted by Crippen LogP contribution is 2.18. The van der Waals surface area contributed by atoms with E-state index in [0.717, 1.165) is 0 Å². The molecule has 0 unspecified atom stereocenters. The van der Waals surface area contributed by atoms with Crippen molar-refractivity contribution in [1.29, 1.82) is 0 Å². The first-order chi connectivity index (χ1) is 11.7. The quantitative estimate of drug-likeness (QED) is 0.821. The SMILES string of the molecule is COC(=O)c1ccc(S(=O)(=O)Nc2ccc(C(=O)N(C)C)cc2)cc1. The molecule has 0 atom stereocenters. The lowest BCUT2D eigenvalue weighted by molar-refractivity contribution is 0.0600. The second-order valence-corrected chi connectivity index (χ2v) is 7.08. The van der Waals surface area contributed by atoms with Gasteiger partial charge in [0.05, 0.1) is 17.6 Å². The summed E-state index contributed by atoms with van der Waals surface area (Å²) in [6.07, 6.45) is 0. The molecule has 2 aromatic rings. The van der Waals surface area contributed by atoms with Crippen molar-refractivity contribution < 1.29 is 22.7 Å². The summed E-state index contributed by atoms with van der Waals surface area (Å²) in [5.41, 5.74) is 1.04. The number of amides is 1. The summed E-state index contributed by atoms with van der Waals surface area (Å²) in [7, 11) is 0.712. The average Bonchev–Trinajstić information content (AvgIpc) is 2.60. The van der Waals surface area contributed by atoms with Gasteiger partial charge in [0.25, 0.3) is 15.9 Å². The molecular formula is C17H18N2O5S. The van der Waals surface area contributed by atoms with Gasteiger partial charge >= 0.3 is 5.97 Å². The molecule has 2 aromatic carbocycles. The van der Waals surface area contributed by atoms with Crippen LogP contribution in [0.25, 0.3) is 0 Å². The Morgan fingerprint density at radius 3 is 1.92 bits per heavy atom. The van der Waals surface area contributed by atoms with Crippen LogP contribution in [0.1, 0.15) is 20.7 Å². The fraction of sp³-hybridized carbons (Fsp3) is 0.176. The molecular weight excluding hydrogens is 344 g/mol. The van der Waals surface area contributed by atoms with E-state index in [1.54, 1.807) is 26.2 Å². The summed E-state index contributed by atoms with van der Waals surface area (Å²) in [6, 6.07) is 11.5. The predicted molar refractivity (Wildman–Crippen MR) is 93.0 cm³/mol. The molecule has 0 bridgehead atoms. The summed E-state index contributed by atoms with van der Waals surface area (Å²) in [4.78, 5) is 24.6. The van der Waals surface area contributed by atoms with Crippen molar-refractivity contribution in [1.82, 2.24) is 4.90 Å². The molecule has 1 amide bonds. The van der Waals surface area contributed by atoms with Gasteiger partial charge in [0, 0.05) is 25.3 Å². The van der Waals surface area contributed by atoms with Gasteiger partial charge < -0.3 is 9.64 Å². The molecule has 132 valence electrons. The molecule has 0 aliphatic carbocycles. The number of anilines is 1. The molecule has 0 spiro atoms.